The van der Waals surface area contributed by atoms with Gasteiger partial charge in [-0.25, -0.2) is 0 Å². The topological polar surface area (TPSA) is 58.6 Å². The van der Waals surface area contributed by atoms with Crippen molar-refractivity contribution in [2.75, 3.05) is 0 Å². The van der Waals surface area contributed by atoms with Crippen LogP contribution in [0.5, 0.6) is 0 Å². The van der Waals surface area contributed by atoms with Crippen molar-refractivity contribution in [1.82, 2.24) is 5.32 Å². The number of rotatable bonds is 7. The molecular weight excluding hydrogens is 290 g/mol. The molecule has 1 heterocycles. The average Bonchev–Trinajstić information content (AvgIpc) is 2.79. The van der Waals surface area contributed by atoms with Crippen molar-refractivity contribution in [3.63, 3.8) is 0 Å². The van der Waals surface area contributed by atoms with Crippen LogP contribution in [-0.2, 0) is 16.1 Å². The van der Waals surface area contributed by atoms with Crippen LogP contribution in [-0.4, -0.2) is 29.3 Å². The number of nitrogens with one attached hydrogen (secondary N) is 1. The van der Waals surface area contributed by atoms with Gasteiger partial charge < -0.3 is 15.2 Å². The minimum atomic E-state index is -0.741. The molecule has 2 N–H and O–H groups in total. The zero-order valence-electron chi connectivity index (χ0n) is 14.5. The summed E-state index contributed by atoms with van der Waals surface area (Å²) in [5, 5.41) is 14.1. The van der Waals surface area contributed by atoms with Crippen molar-refractivity contribution < 1.29 is 14.6 Å². The number of aliphatic hydroxyl groups excluding tert-OH is 1. The van der Waals surface area contributed by atoms with E-state index in [0.717, 1.165) is 6.42 Å². The Balaban J connectivity index is 2.07. The lowest BCUT2D eigenvalue weighted by Crippen LogP contribution is -2.46. The Hall–Kier alpha value is -1.39. The van der Waals surface area contributed by atoms with E-state index >= 15 is 0 Å². The maximum absolute atomic E-state index is 12.1. The summed E-state index contributed by atoms with van der Waals surface area (Å²) in [6.07, 6.45) is -0.359. The van der Waals surface area contributed by atoms with Crippen molar-refractivity contribution in [3.05, 3.63) is 35.9 Å². The third-order valence-corrected chi connectivity index (χ3v) is 4.48. The molecule has 0 saturated carbocycles. The Morgan fingerprint density at radius 3 is 2.35 bits per heavy atom. The highest BCUT2D eigenvalue weighted by atomic mass is 16.6. The highest BCUT2D eigenvalue weighted by Gasteiger charge is 2.48. The average molecular weight is 319 g/mol. The van der Waals surface area contributed by atoms with Crippen molar-refractivity contribution in [2.45, 2.75) is 58.9 Å². The van der Waals surface area contributed by atoms with Crippen molar-refractivity contribution in [2.24, 2.45) is 17.8 Å². The van der Waals surface area contributed by atoms with E-state index in [-0.39, 0.29) is 17.9 Å². The number of cyclic esters (lactones) is 1. The van der Waals surface area contributed by atoms with Gasteiger partial charge in [0.25, 0.3) is 0 Å². The molecule has 1 fully saturated rings. The summed E-state index contributed by atoms with van der Waals surface area (Å²) in [5.41, 5.74) is 1.18. The zero-order chi connectivity index (χ0) is 17.0. The molecule has 0 bridgehead atoms. The summed E-state index contributed by atoms with van der Waals surface area (Å²) in [5.74, 6) is -0.162. The first-order valence-electron chi connectivity index (χ1n) is 8.56. The highest BCUT2D eigenvalue weighted by molar-refractivity contribution is 5.76. The first kappa shape index (κ1) is 18.0. The number of aliphatic hydroxyl groups is 1. The molecule has 1 aromatic rings. The van der Waals surface area contributed by atoms with E-state index in [0.29, 0.717) is 12.5 Å². The summed E-state index contributed by atoms with van der Waals surface area (Å²) < 4.78 is 5.55. The predicted molar refractivity (Wildman–Crippen MR) is 90.7 cm³/mol. The molecule has 0 amide bonds. The van der Waals surface area contributed by atoms with E-state index in [1.54, 1.807) is 0 Å². The number of hydrogen-bond donors (Lipinski definition) is 2. The molecule has 1 aliphatic heterocycles. The summed E-state index contributed by atoms with van der Waals surface area (Å²) in [6.45, 7) is 8.88. The molecule has 4 nitrogen and oxygen atoms in total. The van der Waals surface area contributed by atoms with Crippen LogP contribution >= 0.6 is 0 Å². The molecule has 23 heavy (non-hydrogen) atoms. The molecule has 128 valence electrons. The van der Waals surface area contributed by atoms with Gasteiger partial charge in [-0.3, -0.25) is 4.79 Å². The molecular formula is C19H29NO3. The van der Waals surface area contributed by atoms with Gasteiger partial charge in [-0.1, -0.05) is 58.0 Å². The maximum atomic E-state index is 12.1. The number of ether oxygens (including phenoxy) is 1. The minimum Gasteiger partial charge on any atom is -0.458 e. The van der Waals surface area contributed by atoms with Crippen LogP contribution in [0.3, 0.4) is 0 Å². The van der Waals surface area contributed by atoms with Crippen LogP contribution in [0.25, 0.3) is 0 Å². The largest absolute Gasteiger partial charge is 0.458 e. The molecule has 2 rings (SSSR count). The molecule has 1 aromatic carbocycles. The standard InChI is InChI=1S/C19H29NO3/c1-12(2)10-15(20-11-14-8-6-5-7-9-14)18-17(21)16(13(3)4)19(22)23-18/h5-9,12-13,15-18,20-21H,10-11H2,1-4H3/t15-,16+,17+,18-/m0/s1. The van der Waals surface area contributed by atoms with Gasteiger partial charge in [-0.2, -0.15) is 0 Å². The predicted octanol–water partition coefficient (Wildman–Crippen LogP) is 2.75. The van der Waals surface area contributed by atoms with Crippen molar-refractivity contribution in [1.29, 1.82) is 0 Å². The third kappa shape index (κ3) is 4.55. The number of benzene rings is 1. The van der Waals surface area contributed by atoms with E-state index in [9.17, 15) is 9.90 Å². The van der Waals surface area contributed by atoms with E-state index in [1.807, 2.05) is 32.0 Å². The smallest absolute Gasteiger partial charge is 0.312 e. The number of carbonyl (C=O) groups excluding carboxylic acids is 1. The van der Waals surface area contributed by atoms with Gasteiger partial charge in [0.05, 0.1) is 5.92 Å². The van der Waals surface area contributed by atoms with Crippen LogP contribution in [0.15, 0.2) is 30.3 Å². The summed E-state index contributed by atoms with van der Waals surface area (Å²) in [7, 11) is 0. The lowest BCUT2D eigenvalue weighted by atomic mass is 9.86. The molecule has 4 atom stereocenters. The second-order valence-corrected chi connectivity index (χ2v) is 7.26. The first-order valence-corrected chi connectivity index (χ1v) is 8.56. The Morgan fingerprint density at radius 1 is 1.17 bits per heavy atom. The van der Waals surface area contributed by atoms with Gasteiger partial charge in [0.1, 0.15) is 12.2 Å². The fourth-order valence-corrected chi connectivity index (χ4v) is 3.30. The molecule has 4 heteroatoms. The molecule has 0 unspecified atom stereocenters. The normalized spacial score (nSPS) is 25.9. The summed E-state index contributed by atoms with van der Waals surface area (Å²) in [6, 6.07) is 10.1. The van der Waals surface area contributed by atoms with Crippen molar-refractivity contribution in [3.8, 4) is 0 Å². The van der Waals surface area contributed by atoms with Crippen LogP contribution in [0.4, 0.5) is 0 Å². The van der Waals surface area contributed by atoms with Crippen molar-refractivity contribution >= 4 is 5.97 Å². The fraction of sp³-hybridized carbons (Fsp3) is 0.632. The number of esters is 1. The Kier molecular flexibility index (Phi) is 6.19. The van der Waals surface area contributed by atoms with Gasteiger partial charge in [-0.15, -0.1) is 0 Å². The SMILES string of the molecule is CC(C)C[C@H](NCc1ccccc1)[C@@H]1OC(=O)[C@H](C(C)C)[C@H]1O. The second kappa shape index (κ2) is 7.93. The molecule has 0 aromatic heterocycles. The zero-order valence-corrected chi connectivity index (χ0v) is 14.5. The quantitative estimate of drug-likeness (QED) is 0.759. The molecule has 1 saturated heterocycles. The number of carbonyl (C=O) groups is 1. The third-order valence-electron chi connectivity index (χ3n) is 4.48. The Bertz CT molecular complexity index is 501. The monoisotopic (exact) mass is 319 g/mol. The van der Waals surface area contributed by atoms with Crippen LogP contribution in [0.2, 0.25) is 0 Å². The van der Waals surface area contributed by atoms with Gasteiger partial charge in [0.15, 0.2) is 0 Å². The molecule has 0 spiro atoms. The molecule has 1 aliphatic rings. The molecule has 0 radical (unpaired) electrons. The lowest BCUT2D eigenvalue weighted by Gasteiger charge is -2.28. The first-order chi connectivity index (χ1) is 10.9. The number of hydrogen-bond acceptors (Lipinski definition) is 4. The lowest BCUT2D eigenvalue weighted by molar-refractivity contribution is -0.146. The van der Waals surface area contributed by atoms with Gasteiger partial charge in [0, 0.05) is 12.6 Å². The van der Waals surface area contributed by atoms with Gasteiger partial charge in [0.2, 0.25) is 0 Å². The van der Waals surface area contributed by atoms with Gasteiger partial charge >= 0.3 is 5.97 Å². The minimum absolute atomic E-state index is 0.0436. The fourth-order valence-electron chi connectivity index (χ4n) is 3.30. The van der Waals surface area contributed by atoms with E-state index in [1.165, 1.54) is 5.56 Å². The van der Waals surface area contributed by atoms with Gasteiger partial charge in [-0.05, 0) is 23.8 Å². The van der Waals surface area contributed by atoms with Crippen LogP contribution in [0.1, 0.15) is 39.7 Å². The van der Waals surface area contributed by atoms with E-state index in [4.69, 9.17) is 4.74 Å². The highest BCUT2D eigenvalue weighted by Crippen LogP contribution is 2.31. The summed E-state index contributed by atoms with van der Waals surface area (Å²) in [4.78, 5) is 12.1. The van der Waals surface area contributed by atoms with E-state index < -0.39 is 18.1 Å². The van der Waals surface area contributed by atoms with E-state index in [2.05, 4.69) is 31.3 Å². The Labute approximate surface area is 139 Å². The van der Waals surface area contributed by atoms with Crippen LogP contribution in [0, 0.1) is 17.8 Å². The Morgan fingerprint density at radius 2 is 1.83 bits per heavy atom. The second-order valence-electron chi connectivity index (χ2n) is 7.26. The molecule has 0 aliphatic carbocycles. The summed E-state index contributed by atoms with van der Waals surface area (Å²) >= 11 is 0. The maximum Gasteiger partial charge on any atom is 0.312 e. The van der Waals surface area contributed by atoms with Crippen LogP contribution < -0.4 is 5.32 Å².